The Kier molecular flexibility index (Phi) is 6.02. The van der Waals surface area contributed by atoms with Crippen LogP contribution < -0.4 is 24.4 Å². The Morgan fingerprint density at radius 1 is 1.09 bits per heavy atom. The summed E-state index contributed by atoms with van der Waals surface area (Å²) < 4.78 is 32.3. The van der Waals surface area contributed by atoms with E-state index in [1.807, 2.05) is 0 Å². The summed E-state index contributed by atoms with van der Waals surface area (Å²) in [5.74, 6) is 1.69. The molecule has 8 heteroatoms. The van der Waals surface area contributed by atoms with Crippen molar-refractivity contribution in [3.05, 3.63) is 63.5 Å². The lowest BCUT2D eigenvalue weighted by molar-refractivity contribution is -0.138. The van der Waals surface area contributed by atoms with Gasteiger partial charge < -0.3 is 28.1 Å². The number of benzene rings is 2. The molecule has 0 atom stereocenters. The summed E-state index contributed by atoms with van der Waals surface area (Å²) in [7, 11) is 3.06. The van der Waals surface area contributed by atoms with Gasteiger partial charge in [0.15, 0.2) is 16.9 Å². The molecule has 0 amide bonds. The number of hydrogen-bond acceptors (Lipinski definition) is 8. The van der Waals surface area contributed by atoms with Gasteiger partial charge in [-0.3, -0.25) is 4.79 Å². The summed E-state index contributed by atoms with van der Waals surface area (Å²) in [6.07, 6.45) is 2.95. The highest BCUT2D eigenvalue weighted by Crippen LogP contribution is 2.39. The van der Waals surface area contributed by atoms with Gasteiger partial charge in [-0.1, -0.05) is 0 Å². The van der Waals surface area contributed by atoms with E-state index in [4.69, 9.17) is 28.1 Å². The van der Waals surface area contributed by atoms with E-state index in [2.05, 4.69) is 0 Å². The minimum atomic E-state index is -0.540. The van der Waals surface area contributed by atoms with E-state index in [0.29, 0.717) is 39.5 Å². The molecule has 8 nitrogen and oxygen atoms in total. The van der Waals surface area contributed by atoms with E-state index in [0.717, 1.165) is 0 Å². The molecular weight excluding hydrogens is 416 g/mol. The van der Waals surface area contributed by atoms with Crippen LogP contribution in [-0.2, 0) is 16.0 Å². The van der Waals surface area contributed by atoms with Crippen LogP contribution in [0.1, 0.15) is 18.1 Å². The fraction of sp³-hybridized carbons (Fsp3) is 0.250. The van der Waals surface area contributed by atoms with E-state index in [-0.39, 0.29) is 36.4 Å². The molecule has 3 aromatic rings. The third-order valence-electron chi connectivity index (χ3n) is 5.03. The molecule has 4 rings (SSSR count). The van der Waals surface area contributed by atoms with E-state index in [1.54, 1.807) is 37.3 Å². The smallest absolute Gasteiger partial charge is 0.334 e. The summed E-state index contributed by atoms with van der Waals surface area (Å²) in [5, 5.41) is 0.378. The summed E-state index contributed by atoms with van der Waals surface area (Å²) in [6, 6.07) is 8.40. The largest absolute Gasteiger partial charge is 0.497 e. The SMILES string of the molecule is CCOC(=O)C(=Cc1coc2cc(OC)ccc2c1=O)Cc1cc2c(cc1OC)OCO2. The Bertz CT molecular complexity index is 1250. The van der Waals surface area contributed by atoms with Crippen molar-refractivity contribution >= 4 is 23.0 Å². The third-order valence-corrected chi connectivity index (χ3v) is 5.03. The molecule has 0 unspecified atom stereocenters. The summed E-state index contributed by atoms with van der Waals surface area (Å²) >= 11 is 0. The minimum absolute atomic E-state index is 0.117. The maximum absolute atomic E-state index is 13.0. The summed E-state index contributed by atoms with van der Waals surface area (Å²) in [4.78, 5) is 25.7. The first-order valence-corrected chi connectivity index (χ1v) is 9.97. The first-order chi connectivity index (χ1) is 15.5. The Balaban J connectivity index is 1.77. The topological polar surface area (TPSA) is 93.4 Å². The molecule has 0 saturated heterocycles. The molecule has 1 aliphatic rings. The van der Waals surface area contributed by atoms with Gasteiger partial charge in [0.05, 0.1) is 31.8 Å². The van der Waals surface area contributed by atoms with Crippen molar-refractivity contribution in [3.63, 3.8) is 0 Å². The number of methoxy groups -OCH3 is 2. The van der Waals surface area contributed by atoms with Gasteiger partial charge in [0.25, 0.3) is 0 Å². The van der Waals surface area contributed by atoms with Crippen LogP contribution in [0.5, 0.6) is 23.0 Å². The van der Waals surface area contributed by atoms with Crippen molar-refractivity contribution < 1.29 is 32.9 Å². The van der Waals surface area contributed by atoms with Crippen LogP contribution in [0.2, 0.25) is 0 Å². The van der Waals surface area contributed by atoms with Crippen LogP contribution >= 0.6 is 0 Å². The van der Waals surface area contributed by atoms with Crippen LogP contribution in [0.3, 0.4) is 0 Å². The van der Waals surface area contributed by atoms with Crippen LogP contribution in [0.25, 0.3) is 17.0 Å². The van der Waals surface area contributed by atoms with Gasteiger partial charge in [0.2, 0.25) is 6.79 Å². The zero-order valence-corrected chi connectivity index (χ0v) is 17.9. The average molecular weight is 438 g/mol. The average Bonchev–Trinajstić information content (AvgIpc) is 3.26. The van der Waals surface area contributed by atoms with Crippen molar-refractivity contribution in [3.8, 4) is 23.0 Å². The van der Waals surface area contributed by atoms with Crippen LogP contribution in [0, 0.1) is 0 Å². The van der Waals surface area contributed by atoms with Gasteiger partial charge >= 0.3 is 5.97 Å². The first kappa shape index (κ1) is 21.3. The molecule has 0 N–H and O–H groups in total. The monoisotopic (exact) mass is 438 g/mol. The molecule has 0 spiro atoms. The van der Waals surface area contributed by atoms with Crippen molar-refractivity contribution in [1.29, 1.82) is 0 Å². The molecule has 166 valence electrons. The maximum Gasteiger partial charge on any atom is 0.334 e. The number of ether oxygens (including phenoxy) is 5. The molecule has 2 heterocycles. The number of hydrogen-bond donors (Lipinski definition) is 0. The van der Waals surface area contributed by atoms with Crippen LogP contribution in [-0.4, -0.2) is 33.6 Å². The van der Waals surface area contributed by atoms with Crippen molar-refractivity contribution in [2.75, 3.05) is 27.6 Å². The van der Waals surface area contributed by atoms with Gasteiger partial charge in [0.1, 0.15) is 23.3 Å². The van der Waals surface area contributed by atoms with Crippen LogP contribution in [0.4, 0.5) is 0 Å². The fourth-order valence-electron chi connectivity index (χ4n) is 3.44. The highest BCUT2D eigenvalue weighted by Gasteiger charge is 2.21. The molecule has 32 heavy (non-hydrogen) atoms. The second kappa shape index (κ2) is 9.05. The maximum atomic E-state index is 13.0. The number of carbonyl (C=O) groups is 1. The lowest BCUT2D eigenvalue weighted by Gasteiger charge is -2.12. The molecule has 0 saturated carbocycles. The Hall–Kier alpha value is -3.94. The zero-order chi connectivity index (χ0) is 22.7. The van der Waals surface area contributed by atoms with Crippen molar-refractivity contribution in [2.24, 2.45) is 0 Å². The summed E-state index contributed by atoms with van der Waals surface area (Å²) in [6.45, 7) is 2.03. The summed E-state index contributed by atoms with van der Waals surface area (Å²) in [5.41, 5.74) is 1.30. The molecule has 1 aliphatic heterocycles. The van der Waals surface area contributed by atoms with E-state index < -0.39 is 5.97 Å². The molecule has 0 aliphatic carbocycles. The zero-order valence-electron chi connectivity index (χ0n) is 17.9. The van der Waals surface area contributed by atoms with Gasteiger partial charge in [-0.2, -0.15) is 0 Å². The lowest BCUT2D eigenvalue weighted by atomic mass is 10.0. The minimum Gasteiger partial charge on any atom is -0.497 e. The second-order valence-corrected chi connectivity index (χ2v) is 6.97. The number of fused-ring (bicyclic) bond motifs is 2. The van der Waals surface area contributed by atoms with Gasteiger partial charge in [-0.25, -0.2) is 4.79 Å². The van der Waals surface area contributed by atoms with Gasteiger partial charge in [0, 0.05) is 29.7 Å². The molecule has 2 aromatic carbocycles. The Morgan fingerprint density at radius 2 is 1.88 bits per heavy atom. The standard InChI is InChI=1S/C24H22O8/c1-4-29-24(26)15(7-14-9-21-22(32-13-31-21)11-19(14)28-3)8-16-12-30-20-10-17(27-2)5-6-18(20)23(16)25/h5-6,8-12H,4,7,13H2,1-3H3. The number of esters is 1. The normalized spacial score (nSPS) is 12.7. The number of rotatable bonds is 7. The highest BCUT2D eigenvalue weighted by molar-refractivity contribution is 5.95. The van der Waals surface area contributed by atoms with E-state index >= 15 is 0 Å². The van der Waals surface area contributed by atoms with Crippen molar-refractivity contribution in [2.45, 2.75) is 13.3 Å². The predicted molar refractivity (Wildman–Crippen MR) is 116 cm³/mol. The fourth-order valence-corrected chi connectivity index (χ4v) is 3.44. The molecule has 0 bridgehead atoms. The predicted octanol–water partition coefficient (Wildman–Crippen LogP) is 3.73. The number of carbonyl (C=O) groups excluding carboxylic acids is 1. The quantitative estimate of drug-likeness (QED) is 0.407. The molecule has 1 aromatic heterocycles. The van der Waals surface area contributed by atoms with E-state index in [9.17, 15) is 9.59 Å². The highest BCUT2D eigenvalue weighted by atomic mass is 16.7. The van der Waals surface area contributed by atoms with Crippen molar-refractivity contribution in [1.82, 2.24) is 0 Å². The van der Waals surface area contributed by atoms with Gasteiger partial charge in [-0.05, 0) is 31.2 Å². The molecule has 0 fully saturated rings. The van der Waals surface area contributed by atoms with Gasteiger partial charge in [-0.15, -0.1) is 0 Å². The van der Waals surface area contributed by atoms with Crippen LogP contribution in [0.15, 0.2) is 51.4 Å². The lowest BCUT2D eigenvalue weighted by Crippen LogP contribution is -2.12. The second-order valence-electron chi connectivity index (χ2n) is 6.97. The van der Waals surface area contributed by atoms with E-state index in [1.165, 1.54) is 26.6 Å². The third kappa shape index (κ3) is 4.12. The molecular formula is C24H22O8. The first-order valence-electron chi connectivity index (χ1n) is 9.97. The Labute approximate surface area is 183 Å². The molecule has 0 radical (unpaired) electrons. The Morgan fingerprint density at radius 3 is 2.59 bits per heavy atom.